The highest BCUT2D eigenvalue weighted by Gasteiger charge is 2.03. The second kappa shape index (κ2) is 4.71. The zero-order chi connectivity index (χ0) is 9.73. The summed E-state index contributed by atoms with van der Waals surface area (Å²) in [6.07, 6.45) is 1.35. The molecule has 1 aromatic rings. The molecule has 0 aliphatic carbocycles. The Kier molecular flexibility index (Phi) is 3.86. The Morgan fingerprint density at radius 1 is 1.54 bits per heavy atom. The van der Waals surface area contributed by atoms with Crippen LogP contribution in [0, 0.1) is 0 Å². The van der Waals surface area contributed by atoms with Crippen LogP contribution < -0.4 is 0 Å². The van der Waals surface area contributed by atoms with Gasteiger partial charge in [-0.3, -0.25) is 4.55 Å². The van der Waals surface area contributed by atoms with Crippen LogP contribution >= 0.6 is 11.3 Å². The Hall–Kier alpha value is -0.430. The molecule has 0 spiro atoms. The van der Waals surface area contributed by atoms with E-state index in [1.54, 1.807) is 11.3 Å². The van der Waals surface area contributed by atoms with Gasteiger partial charge in [0.1, 0.15) is 0 Å². The highest BCUT2D eigenvalue weighted by atomic mass is 32.3. The molecule has 0 aliphatic heterocycles. The third kappa shape index (κ3) is 4.99. The lowest BCUT2D eigenvalue weighted by Crippen LogP contribution is -2.05. The van der Waals surface area contributed by atoms with Crippen LogP contribution in [0.1, 0.15) is 11.3 Å². The van der Waals surface area contributed by atoms with Crippen molar-refractivity contribution in [3.05, 3.63) is 22.4 Å². The van der Waals surface area contributed by atoms with Crippen molar-refractivity contribution >= 4 is 21.7 Å². The molecule has 0 aliphatic rings. The van der Waals surface area contributed by atoms with E-state index >= 15 is 0 Å². The van der Waals surface area contributed by atoms with Gasteiger partial charge < -0.3 is 0 Å². The molecule has 0 fully saturated rings. The van der Waals surface area contributed by atoms with Crippen LogP contribution in [-0.2, 0) is 21.0 Å². The summed E-state index contributed by atoms with van der Waals surface area (Å²) in [7, 11) is -4.26. The van der Waals surface area contributed by atoms with E-state index in [9.17, 15) is 8.42 Å². The molecule has 0 saturated heterocycles. The quantitative estimate of drug-likeness (QED) is 0.605. The maximum atomic E-state index is 10.1. The second-order valence-electron chi connectivity index (χ2n) is 2.43. The molecular weight excluding hydrogens is 212 g/mol. The summed E-state index contributed by atoms with van der Waals surface area (Å²) in [5.74, 6) is 0. The van der Waals surface area contributed by atoms with Gasteiger partial charge in [0.15, 0.2) is 0 Å². The molecule has 74 valence electrons. The van der Waals surface area contributed by atoms with Crippen LogP contribution in [0.25, 0.3) is 0 Å². The van der Waals surface area contributed by atoms with Crippen LogP contribution in [0.2, 0.25) is 0 Å². The minimum absolute atomic E-state index is 0.0245. The Morgan fingerprint density at radius 2 is 2.31 bits per heavy atom. The number of rotatable bonds is 5. The van der Waals surface area contributed by atoms with Crippen molar-refractivity contribution < 1.29 is 17.2 Å². The molecule has 0 saturated carbocycles. The Bertz CT molecular complexity index is 327. The third-order valence-electron chi connectivity index (χ3n) is 1.38. The maximum Gasteiger partial charge on any atom is 0.397 e. The van der Waals surface area contributed by atoms with Crippen molar-refractivity contribution in [2.75, 3.05) is 6.61 Å². The number of hydrogen-bond donors (Lipinski definition) is 1. The molecule has 1 heterocycles. The van der Waals surface area contributed by atoms with Crippen LogP contribution in [0.3, 0.4) is 0 Å². The van der Waals surface area contributed by atoms with Crippen molar-refractivity contribution in [1.29, 1.82) is 0 Å². The Morgan fingerprint density at radius 3 is 2.85 bits per heavy atom. The lowest BCUT2D eigenvalue weighted by atomic mass is 10.3. The highest BCUT2D eigenvalue weighted by molar-refractivity contribution is 7.80. The molecule has 13 heavy (non-hydrogen) atoms. The molecule has 0 atom stereocenters. The average Bonchev–Trinajstić information content (AvgIpc) is 2.48. The van der Waals surface area contributed by atoms with E-state index < -0.39 is 10.4 Å². The summed E-state index contributed by atoms with van der Waals surface area (Å²) in [6, 6.07) is 3.90. The van der Waals surface area contributed by atoms with Gasteiger partial charge in [-0.2, -0.15) is 8.42 Å². The maximum absolute atomic E-state index is 10.1. The first kappa shape index (κ1) is 10.6. The zero-order valence-electron chi connectivity index (χ0n) is 6.84. The summed E-state index contributed by atoms with van der Waals surface area (Å²) in [6.45, 7) is 0.0245. The molecule has 1 rings (SSSR count). The fraction of sp³-hybridized carbons (Fsp3) is 0.429. The molecule has 4 nitrogen and oxygen atoms in total. The molecule has 0 radical (unpaired) electrons. The molecule has 1 N–H and O–H groups in total. The Balaban J connectivity index is 2.16. The highest BCUT2D eigenvalue weighted by Crippen LogP contribution is 2.10. The van der Waals surface area contributed by atoms with Gasteiger partial charge in [-0.15, -0.1) is 11.3 Å². The normalized spacial score (nSPS) is 11.8. The van der Waals surface area contributed by atoms with Crippen LogP contribution in [-0.4, -0.2) is 19.6 Å². The van der Waals surface area contributed by atoms with Gasteiger partial charge in [-0.05, 0) is 24.3 Å². The van der Waals surface area contributed by atoms with E-state index in [1.807, 2.05) is 17.5 Å². The van der Waals surface area contributed by atoms with Gasteiger partial charge in [0, 0.05) is 4.88 Å². The summed E-state index contributed by atoms with van der Waals surface area (Å²) in [4.78, 5) is 1.18. The fourth-order valence-electron chi connectivity index (χ4n) is 0.865. The number of hydrogen-bond acceptors (Lipinski definition) is 4. The van der Waals surface area contributed by atoms with Crippen LogP contribution in [0.15, 0.2) is 17.5 Å². The second-order valence-corrected chi connectivity index (χ2v) is 4.56. The minimum Gasteiger partial charge on any atom is -0.264 e. The predicted molar refractivity (Wildman–Crippen MR) is 50.1 cm³/mol. The van der Waals surface area contributed by atoms with Crippen molar-refractivity contribution in [1.82, 2.24) is 0 Å². The Labute approximate surface area is 81.1 Å². The largest absolute Gasteiger partial charge is 0.397 e. The molecular formula is C7H10O4S2. The van der Waals surface area contributed by atoms with Gasteiger partial charge in [0.05, 0.1) is 6.61 Å². The topological polar surface area (TPSA) is 63.6 Å². The van der Waals surface area contributed by atoms with Gasteiger partial charge >= 0.3 is 10.4 Å². The summed E-state index contributed by atoms with van der Waals surface area (Å²) >= 11 is 1.61. The summed E-state index contributed by atoms with van der Waals surface area (Å²) in [5.41, 5.74) is 0. The fourth-order valence-corrected chi connectivity index (χ4v) is 1.95. The zero-order valence-corrected chi connectivity index (χ0v) is 8.47. The monoisotopic (exact) mass is 222 g/mol. The SMILES string of the molecule is O=S(=O)(O)OCCCc1cccs1. The van der Waals surface area contributed by atoms with Gasteiger partial charge in [0.2, 0.25) is 0 Å². The van der Waals surface area contributed by atoms with Gasteiger partial charge in [0.25, 0.3) is 0 Å². The first-order valence-electron chi connectivity index (χ1n) is 3.72. The molecule has 1 aromatic heterocycles. The van der Waals surface area contributed by atoms with Crippen molar-refractivity contribution in [2.24, 2.45) is 0 Å². The number of thiophene rings is 1. The van der Waals surface area contributed by atoms with E-state index in [4.69, 9.17) is 4.55 Å². The molecule has 0 bridgehead atoms. The van der Waals surface area contributed by atoms with Crippen molar-refractivity contribution in [3.8, 4) is 0 Å². The van der Waals surface area contributed by atoms with Gasteiger partial charge in [-0.25, -0.2) is 4.18 Å². The standard InChI is InChI=1S/C7H10O4S2/c8-13(9,10)11-5-1-3-7-4-2-6-12-7/h2,4,6H,1,3,5H2,(H,8,9,10). The van der Waals surface area contributed by atoms with Crippen molar-refractivity contribution in [3.63, 3.8) is 0 Å². The first-order valence-corrected chi connectivity index (χ1v) is 5.96. The van der Waals surface area contributed by atoms with E-state index in [0.717, 1.165) is 6.42 Å². The molecule has 0 amide bonds. The van der Waals surface area contributed by atoms with Crippen LogP contribution in [0.4, 0.5) is 0 Å². The van der Waals surface area contributed by atoms with E-state index in [-0.39, 0.29) is 6.61 Å². The molecule has 0 aromatic carbocycles. The predicted octanol–water partition coefficient (Wildman–Crippen LogP) is 1.50. The first-order chi connectivity index (χ1) is 6.08. The van der Waals surface area contributed by atoms with E-state index in [2.05, 4.69) is 4.18 Å². The average molecular weight is 222 g/mol. The molecule has 6 heteroatoms. The number of aryl methyl sites for hydroxylation is 1. The lowest BCUT2D eigenvalue weighted by molar-refractivity contribution is 0.265. The van der Waals surface area contributed by atoms with Gasteiger partial charge in [-0.1, -0.05) is 6.07 Å². The minimum atomic E-state index is -4.26. The summed E-state index contributed by atoms with van der Waals surface area (Å²) < 4.78 is 32.6. The summed E-state index contributed by atoms with van der Waals surface area (Å²) in [5, 5.41) is 1.96. The smallest absolute Gasteiger partial charge is 0.264 e. The third-order valence-corrected chi connectivity index (χ3v) is 2.78. The molecule has 0 unspecified atom stereocenters. The van der Waals surface area contributed by atoms with E-state index in [0.29, 0.717) is 6.42 Å². The van der Waals surface area contributed by atoms with Crippen LogP contribution in [0.5, 0.6) is 0 Å². The van der Waals surface area contributed by atoms with Crippen molar-refractivity contribution in [2.45, 2.75) is 12.8 Å². The lowest BCUT2D eigenvalue weighted by Gasteiger charge is -1.98. The van der Waals surface area contributed by atoms with E-state index in [1.165, 1.54) is 4.88 Å².